The maximum Gasteiger partial charge on any atom is 0.177 e. The molecule has 65 heavy (non-hydrogen) atoms. The number of aromatic nitrogens is 3. The Hall–Kier alpha value is -8.92. The van der Waals surface area contributed by atoms with Gasteiger partial charge in [0.25, 0.3) is 0 Å². The minimum atomic E-state index is -0.558. The molecule has 0 atom stereocenters. The Labute approximate surface area is 376 Å². The molecule has 1 aliphatic carbocycles. The maximum absolute atomic E-state index is 9.56. The quantitative estimate of drug-likeness (QED) is 0.159. The van der Waals surface area contributed by atoms with E-state index in [9.17, 15) is 5.26 Å². The first kappa shape index (κ1) is 37.8. The molecule has 0 saturated heterocycles. The van der Waals surface area contributed by atoms with Crippen LogP contribution in [0, 0.1) is 11.3 Å². The van der Waals surface area contributed by atoms with Gasteiger partial charge in [-0.2, -0.15) is 5.26 Å². The number of nitrogens with zero attached hydrogens (tertiary/aromatic N) is 4. The number of para-hydroxylation sites is 1. The summed E-state index contributed by atoms with van der Waals surface area (Å²) in [6.45, 7) is 0. The minimum Gasteiger partial charge on any atom is -0.449 e. The molecule has 6 heteroatoms. The summed E-state index contributed by atoms with van der Waals surface area (Å²) in [5.41, 5.74) is 13.3. The van der Waals surface area contributed by atoms with Crippen molar-refractivity contribution in [2.75, 3.05) is 0 Å². The van der Waals surface area contributed by atoms with Crippen LogP contribution in [0.4, 0.5) is 0 Å². The molecule has 6 nitrogen and oxygen atoms in total. The fraction of sp³-hybridized carbons (Fsp3) is 0.0169. The standard InChI is InChI=1S/C59H36N4O2/c60-37-38-16-12-19-40(32-38)41-20-13-22-43(33-41)57-61-56(39-17-4-1-5-18-39)62-58(63-57)44-23-14-21-42(34-44)47-29-15-31-52-55(47)65-53-35-49-48-28-10-11-30-50(48)59(45-24-6-2-7-25-45,46-26-8-3-9-27-46)51(49)36-54(53)64-52/h1-36H. The topological polar surface area (TPSA) is 80.9 Å². The molecule has 304 valence electrons. The Morgan fingerprint density at radius 2 is 0.862 bits per heavy atom. The molecular formula is C59H36N4O2. The fourth-order valence-corrected chi connectivity index (χ4v) is 9.55. The van der Waals surface area contributed by atoms with Gasteiger partial charge in [-0.3, -0.25) is 0 Å². The highest BCUT2D eigenvalue weighted by molar-refractivity contribution is 5.89. The summed E-state index contributed by atoms with van der Waals surface area (Å²) in [6.07, 6.45) is 0. The molecule has 0 saturated carbocycles. The molecule has 12 rings (SSSR count). The van der Waals surface area contributed by atoms with Gasteiger partial charge >= 0.3 is 0 Å². The zero-order valence-corrected chi connectivity index (χ0v) is 34.9. The van der Waals surface area contributed by atoms with Crippen molar-refractivity contribution < 1.29 is 9.47 Å². The molecule has 0 amide bonds. The van der Waals surface area contributed by atoms with Crippen molar-refractivity contribution in [2.24, 2.45) is 0 Å². The van der Waals surface area contributed by atoms with E-state index in [1.165, 1.54) is 22.3 Å². The summed E-state index contributed by atoms with van der Waals surface area (Å²) in [5.74, 6) is 4.24. The summed E-state index contributed by atoms with van der Waals surface area (Å²) >= 11 is 0. The van der Waals surface area contributed by atoms with Crippen molar-refractivity contribution in [1.82, 2.24) is 15.0 Å². The van der Waals surface area contributed by atoms with Crippen LogP contribution < -0.4 is 9.47 Å². The van der Waals surface area contributed by atoms with Crippen LogP contribution in [0.25, 0.3) is 67.5 Å². The molecule has 0 unspecified atom stereocenters. The highest BCUT2D eigenvalue weighted by atomic mass is 16.6. The highest BCUT2D eigenvalue weighted by Crippen LogP contribution is 2.60. The van der Waals surface area contributed by atoms with Crippen molar-refractivity contribution in [1.29, 1.82) is 5.26 Å². The normalized spacial score (nSPS) is 12.7. The van der Waals surface area contributed by atoms with E-state index in [-0.39, 0.29) is 0 Å². The average Bonchev–Trinajstić information content (AvgIpc) is 3.67. The number of hydrogen-bond acceptors (Lipinski definition) is 6. The number of benzene rings is 9. The number of nitriles is 1. The monoisotopic (exact) mass is 832 g/mol. The molecule has 2 aliphatic rings. The van der Waals surface area contributed by atoms with Gasteiger partial charge in [0.2, 0.25) is 0 Å². The Balaban J connectivity index is 0.949. The van der Waals surface area contributed by atoms with Crippen molar-refractivity contribution in [3.05, 3.63) is 246 Å². The minimum absolute atomic E-state index is 0.537. The Morgan fingerprint density at radius 3 is 1.55 bits per heavy atom. The molecular weight excluding hydrogens is 797 g/mol. The molecule has 1 aliphatic heterocycles. The predicted octanol–water partition coefficient (Wildman–Crippen LogP) is 14.3. The third-order valence-corrected chi connectivity index (χ3v) is 12.5. The zero-order valence-electron chi connectivity index (χ0n) is 34.9. The number of rotatable bonds is 7. The average molecular weight is 833 g/mol. The number of fused-ring (bicyclic) bond motifs is 5. The second-order valence-electron chi connectivity index (χ2n) is 16.2. The second-order valence-corrected chi connectivity index (χ2v) is 16.2. The van der Waals surface area contributed by atoms with E-state index in [1.54, 1.807) is 0 Å². The van der Waals surface area contributed by atoms with Crippen molar-refractivity contribution in [3.8, 4) is 96.6 Å². The predicted molar refractivity (Wildman–Crippen MR) is 256 cm³/mol. The first-order valence-electron chi connectivity index (χ1n) is 21.6. The molecule has 0 N–H and O–H groups in total. The van der Waals surface area contributed by atoms with Crippen molar-refractivity contribution in [2.45, 2.75) is 5.41 Å². The van der Waals surface area contributed by atoms with E-state index in [4.69, 9.17) is 24.4 Å². The Bertz CT molecular complexity index is 3470. The van der Waals surface area contributed by atoms with Crippen LogP contribution in [0.2, 0.25) is 0 Å². The largest absolute Gasteiger partial charge is 0.449 e. The summed E-state index contributed by atoms with van der Waals surface area (Å²) < 4.78 is 13.8. The lowest BCUT2D eigenvalue weighted by atomic mass is 9.67. The number of hydrogen-bond donors (Lipinski definition) is 0. The molecule has 1 aromatic heterocycles. The fourth-order valence-electron chi connectivity index (χ4n) is 9.55. The first-order chi connectivity index (χ1) is 32.1. The molecule has 0 spiro atoms. The van der Waals surface area contributed by atoms with Crippen molar-refractivity contribution >= 4 is 0 Å². The van der Waals surface area contributed by atoms with Gasteiger partial charge in [0.1, 0.15) is 0 Å². The summed E-state index contributed by atoms with van der Waals surface area (Å²) in [6, 6.07) is 76.7. The summed E-state index contributed by atoms with van der Waals surface area (Å²) in [5, 5.41) is 9.56. The van der Waals surface area contributed by atoms with Gasteiger partial charge in [0.05, 0.1) is 17.0 Å². The van der Waals surface area contributed by atoms with Gasteiger partial charge in [-0.05, 0) is 92.5 Å². The Morgan fingerprint density at radius 1 is 0.354 bits per heavy atom. The van der Waals surface area contributed by atoms with Crippen LogP contribution in [-0.4, -0.2) is 15.0 Å². The first-order valence-corrected chi connectivity index (χ1v) is 21.6. The van der Waals surface area contributed by atoms with Crippen LogP contribution >= 0.6 is 0 Å². The molecule has 0 radical (unpaired) electrons. The van der Waals surface area contributed by atoms with Crippen LogP contribution in [-0.2, 0) is 5.41 Å². The zero-order chi connectivity index (χ0) is 43.3. The van der Waals surface area contributed by atoms with E-state index in [0.29, 0.717) is 46.0 Å². The summed E-state index contributed by atoms with van der Waals surface area (Å²) in [7, 11) is 0. The lowest BCUT2D eigenvalue weighted by molar-refractivity contribution is 0.360. The van der Waals surface area contributed by atoms with E-state index < -0.39 is 5.41 Å². The SMILES string of the molecule is N#Cc1cccc(-c2cccc(-c3nc(-c4ccccc4)nc(-c4cccc(-c5cccc6c5Oc5cc7c(cc5O6)C(c5ccccc5)(c5ccccc5)c5ccccc5-7)c4)n3)c2)c1. The van der Waals surface area contributed by atoms with Gasteiger partial charge in [-0.25, -0.2) is 15.0 Å². The second kappa shape index (κ2) is 15.5. The number of ether oxygens (including phenoxy) is 2. The third-order valence-electron chi connectivity index (χ3n) is 12.5. The van der Waals surface area contributed by atoms with E-state index in [2.05, 4.69) is 127 Å². The lowest BCUT2D eigenvalue weighted by Crippen LogP contribution is -2.28. The van der Waals surface area contributed by atoms with Gasteiger partial charge in [0, 0.05) is 22.3 Å². The molecule has 0 fully saturated rings. The maximum atomic E-state index is 9.56. The molecule has 10 aromatic rings. The molecule has 0 bridgehead atoms. The van der Waals surface area contributed by atoms with E-state index in [1.807, 2.05) is 97.1 Å². The smallest absolute Gasteiger partial charge is 0.177 e. The van der Waals surface area contributed by atoms with Gasteiger partial charge < -0.3 is 9.47 Å². The molecule has 9 aromatic carbocycles. The summed E-state index contributed by atoms with van der Waals surface area (Å²) in [4.78, 5) is 15.1. The van der Waals surface area contributed by atoms with Crippen LogP contribution in [0.1, 0.15) is 27.8 Å². The van der Waals surface area contributed by atoms with Crippen LogP contribution in [0.3, 0.4) is 0 Å². The highest BCUT2D eigenvalue weighted by Gasteiger charge is 2.47. The third kappa shape index (κ3) is 6.37. The van der Waals surface area contributed by atoms with Crippen molar-refractivity contribution in [3.63, 3.8) is 0 Å². The van der Waals surface area contributed by atoms with Crippen LogP contribution in [0.15, 0.2) is 218 Å². The van der Waals surface area contributed by atoms with Gasteiger partial charge in [-0.15, -0.1) is 0 Å². The molecule has 2 heterocycles. The van der Waals surface area contributed by atoms with Gasteiger partial charge in [0.15, 0.2) is 40.5 Å². The lowest BCUT2D eigenvalue weighted by Gasteiger charge is -2.34. The Kier molecular flexibility index (Phi) is 8.99. The van der Waals surface area contributed by atoms with Gasteiger partial charge in [-0.1, -0.05) is 176 Å². The van der Waals surface area contributed by atoms with E-state index >= 15 is 0 Å². The van der Waals surface area contributed by atoms with Crippen LogP contribution in [0.5, 0.6) is 23.0 Å². The van der Waals surface area contributed by atoms with E-state index in [0.717, 1.165) is 50.1 Å².